The Hall–Kier alpha value is -0.120. The van der Waals surface area contributed by atoms with Crippen LogP contribution in [0.1, 0.15) is 13.3 Å². The van der Waals surface area contributed by atoms with Gasteiger partial charge in [-0.1, -0.05) is 6.92 Å². The van der Waals surface area contributed by atoms with Gasteiger partial charge < -0.3 is 5.32 Å². The molecule has 1 heterocycles. The molecule has 72 valence electrons. The van der Waals surface area contributed by atoms with Crippen molar-refractivity contribution in [3.8, 4) is 0 Å². The summed E-state index contributed by atoms with van der Waals surface area (Å²) >= 11 is 0. The number of nitrogens with one attached hydrogen (secondary N) is 1. The lowest BCUT2D eigenvalue weighted by Crippen LogP contribution is -2.45. The van der Waals surface area contributed by atoms with Crippen molar-refractivity contribution in [3.63, 3.8) is 0 Å². The third-order valence-corrected chi connectivity index (χ3v) is 2.00. The molecule has 1 rings (SSSR count). The Labute approximate surface area is 79.9 Å². The van der Waals surface area contributed by atoms with Crippen molar-refractivity contribution in [3.05, 3.63) is 0 Å². The summed E-state index contributed by atoms with van der Waals surface area (Å²) in [5, 5.41) is 3.25. The number of Topliss-reactive ketones (excluding diaryl/α,β-unsaturated/α-hetero) is 1. The van der Waals surface area contributed by atoms with E-state index in [1.54, 1.807) is 0 Å². The molecule has 0 bridgehead atoms. The number of carbonyl (C=O) groups excluding carboxylic acids is 1. The Morgan fingerprint density at radius 3 is 2.50 bits per heavy atom. The van der Waals surface area contributed by atoms with E-state index in [9.17, 15) is 4.79 Å². The highest BCUT2D eigenvalue weighted by Gasteiger charge is 2.11. The summed E-state index contributed by atoms with van der Waals surface area (Å²) in [6.07, 6.45) is 0.671. The number of piperazine rings is 1. The first kappa shape index (κ1) is 11.9. The summed E-state index contributed by atoms with van der Waals surface area (Å²) in [5.74, 6) is 0.354. The first-order valence-electron chi connectivity index (χ1n) is 4.27. The summed E-state index contributed by atoms with van der Waals surface area (Å²) in [6, 6.07) is 0. The minimum atomic E-state index is 0. The van der Waals surface area contributed by atoms with Gasteiger partial charge in [-0.15, -0.1) is 12.4 Å². The second kappa shape index (κ2) is 6.40. The van der Waals surface area contributed by atoms with Gasteiger partial charge in [0.05, 0.1) is 6.54 Å². The van der Waals surface area contributed by atoms with E-state index in [1.165, 1.54) is 0 Å². The number of hydrogen-bond acceptors (Lipinski definition) is 3. The molecule has 0 atom stereocenters. The lowest BCUT2D eigenvalue weighted by Gasteiger charge is -2.26. The molecule has 0 radical (unpaired) electrons. The molecule has 0 amide bonds. The van der Waals surface area contributed by atoms with Crippen molar-refractivity contribution in [1.29, 1.82) is 0 Å². The molecule has 4 heteroatoms. The van der Waals surface area contributed by atoms with E-state index in [0.717, 1.165) is 26.2 Å². The van der Waals surface area contributed by atoms with Crippen LogP contribution in [0.15, 0.2) is 0 Å². The molecule has 1 aliphatic rings. The van der Waals surface area contributed by atoms with E-state index in [1.807, 2.05) is 6.92 Å². The number of carbonyl (C=O) groups is 1. The molecule has 0 aliphatic carbocycles. The molecule has 0 saturated carbocycles. The number of rotatable bonds is 3. The van der Waals surface area contributed by atoms with Crippen molar-refractivity contribution in [1.82, 2.24) is 10.2 Å². The fraction of sp³-hybridized carbons (Fsp3) is 0.875. The zero-order valence-electron chi connectivity index (χ0n) is 7.51. The maximum absolute atomic E-state index is 11.0. The first-order valence-corrected chi connectivity index (χ1v) is 4.27. The lowest BCUT2D eigenvalue weighted by atomic mass is 10.2. The van der Waals surface area contributed by atoms with E-state index >= 15 is 0 Å². The van der Waals surface area contributed by atoms with Crippen LogP contribution in [0, 0.1) is 0 Å². The second-order valence-electron chi connectivity index (χ2n) is 2.92. The largest absolute Gasteiger partial charge is 0.314 e. The molecule has 3 nitrogen and oxygen atoms in total. The molecular weight excluding hydrogens is 176 g/mol. The van der Waals surface area contributed by atoms with Gasteiger partial charge in [0, 0.05) is 32.6 Å². The molecule has 0 aromatic heterocycles. The Morgan fingerprint density at radius 1 is 1.42 bits per heavy atom. The first-order chi connectivity index (χ1) is 5.33. The second-order valence-corrected chi connectivity index (χ2v) is 2.92. The van der Waals surface area contributed by atoms with E-state index in [0.29, 0.717) is 18.7 Å². The zero-order chi connectivity index (χ0) is 8.10. The van der Waals surface area contributed by atoms with Gasteiger partial charge >= 0.3 is 0 Å². The number of halogens is 1. The molecule has 1 fully saturated rings. The van der Waals surface area contributed by atoms with Gasteiger partial charge in [-0.25, -0.2) is 0 Å². The van der Waals surface area contributed by atoms with Gasteiger partial charge in [0.1, 0.15) is 5.78 Å². The van der Waals surface area contributed by atoms with Crippen molar-refractivity contribution in [2.24, 2.45) is 0 Å². The molecule has 12 heavy (non-hydrogen) atoms. The lowest BCUT2D eigenvalue weighted by molar-refractivity contribution is -0.120. The van der Waals surface area contributed by atoms with Crippen LogP contribution in [0.4, 0.5) is 0 Å². The van der Waals surface area contributed by atoms with E-state index in [4.69, 9.17) is 0 Å². The standard InChI is InChI=1S/C8H16N2O.ClH/c1-2-8(11)7-10-5-3-9-4-6-10;/h9H,2-7H2,1H3;1H. The van der Waals surface area contributed by atoms with Crippen LogP contribution in [-0.4, -0.2) is 43.4 Å². The topological polar surface area (TPSA) is 32.3 Å². The van der Waals surface area contributed by atoms with Gasteiger partial charge in [0.2, 0.25) is 0 Å². The van der Waals surface area contributed by atoms with E-state index in [2.05, 4.69) is 10.2 Å². The monoisotopic (exact) mass is 192 g/mol. The van der Waals surface area contributed by atoms with Crippen molar-refractivity contribution in [2.45, 2.75) is 13.3 Å². The van der Waals surface area contributed by atoms with Crippen LogP contribution in [0.3, 0.4) is 0 Å². The number of ketones is 1. The maximum Gasteiger partial charge on any atom is 0.146 e. The van der Waals surface area contributed by atoms with Crippen molar-refractivity contribution in [2.75, 3.05) is 32.7 Å². The summed E-state index contributed by atoms with van der Waals surface area (Å²) in [4.78, 5) is 13.2. The average Bonchev–Trinajstić information content (AvgIpc) is 2.06. The molecule has 1 aliphatic heterocycles. The number of nitrogens with zero attached hydrogens (tertiary/aromatic N) is 1. The highest BCUT2D eigenvalue weighted by Crippen LogP contribution is 1.93. The van der Waals surface area contributed by atoms with Gasteiger partial charge in [-0.05, 0) is 0 Å². The van der Waals surface area contributed by atoms with Crippen molar-refractivity contribution >= 4 is 18.2 Å². The highest BCUT2D eigenvalue weighted by atomic mass is 35.5. The van der Waals surface area contributed by atoms with Gasteiger partial charge in [-0.2, -0.15) is 0 Å². The van der Waals surface area contributed by atoms with Gasteiger partial charge in [0.15, 0.2) is 0 Å². The minimum Gasteiger partial charge on any atom is -0.314 e. The third kappa shape index (κ3) is 4.04. The zero-order valence-corrected chi connectivity index (χ0v) is 8.32. The predicted molar refractivity (Wildman–Crippen MR) is 51.9 cm³/mol. The smallest absolute Gasteiger partial charge is 0.146 e. The molecule has 0 spiro atoms. The Bertz CT molecular complexity index is 135. The average molecular weight is 193 g/mol. The summed E-state index contributed by atoms with van der Waals surface area (Å²) in [6.45, 7) is 6.66. The van der Waals surface area contributed by atoms with Crippen LogP contribution in [0.25, 0.3) is 0 Å². The van der Waals surface area contributed by atoms with E-state index in [-0.39, 0.29) is 12.4 Å². The molecule has 1 saturated heterocycles. The molecule has 0 aromatic carbocycles. The summed E-state index contributed by atoms with van der Waals surface area (Å²) < 4.78 is 0. The predicted octanol–water partition coefficient (Wildman–Crippen LogP) is 0.293. The van der Waals surface area contributed by atoms with Gasteiger partial charge in [0.25, 0.3) is 0 Å². The molecule has 0 unspecified atom stereocenters. The minimum absolute atomic E-state index is 0. The fourth-order valence-corrected chi connectivity index (χ4v) is 1.23. The summed E-state index contributed by atoms with van der Waals surface area (Å²) in [7, 11) is 0. The van der Waals surface area contributed by atoms with E-state index < -0.39 is 0 Å². The third-order valence-electron chi connectivity index (χ3n) is 2.00. The molecule has 1 N–H and O–H groups in total. The van der Waals surface area contributed by atoms with Crippen LogP contribution < -0.4 is 5.32 Å². The van der Waals surface area contributed by atoms with Crippen LogP contribution in [0.2, 0.25) is 0 Å². The Balaban J connectivity index is 0.00000121. The summed E-state index contributed by atoms with van der Waals surface area (Å²) in [5.41, 5.74) is 0. The quantitative estimate of drug-likeness (QED) is 0.698. The Kier molecular flexibility index (Phi) is 6.34. The van der Waals surface area contributed by atoms with Crippen molar-refractivity contribution < 1.29 is 4.79 Å². The normalized spacial score (nSPS) is 18.4. The highest BCUT2D eigenvalue weighted by molar-refractivity contribution is 5.85. The molecular formula is C8H17ClN2O. The van der Waals surface area contributed by atoms with Crippen LogP contribution in [0.5, 0.6) is 0 Å². The number of hydrogen-bond donors (Lipinski definition) is 1. The van der Waals surface area contributed by atoms with Crippen LogP contribution >= 0.6 is 12.4 Å². The van der Waals surface area contributed by atoms with Crippen LogP contribution in [-0.2, 0) is 4.79 Å². The molecule has 0 aromatic rings. The fourth-order valence-electron chi connectivity index (χ4n) is 1.23. The maximum atomic E-state index is 11.0. The van der Waals surface area contributed by atoms with Gasteiger partial charge in [-0.3, -0.25) is 9.69 Å². The SMILES string of the molecule is CCC(=O)CN1CCNCC1.Cl. The Morgan fingerprint density at radius 2 is 2.00 bits per heavy atom.